The van der Waals surface area contributed by atoms with Gasteiger partial charge in [0.15, 0.2) is 17.6 Å². The molecule has 9 nitrogen and oxygen atoms in total. The number of fused-ring (bicyclic) bond motifs is 1. The van der Waals surface area contributed by atoms with Crippen molar-refractivity contribution in [1.82, 2.24) is 24.4 Å². The first kappa shape index (κ1) is 27.8. The number of ether oxygens (including phenoxy) is 2. The molecule has 1 unspecified atom stereocenters. The van der Waals surface area contributed by atoms with Crippen LogP contribution >= 0.6 is 0 Å². The molecule has 212 valence electrons. The summed E-state index contributed by atoms with van der Waals surface area (Å²) < 4.78 is 15.0. The lowest BCUT2D eigenvalue weighted by atomic mass is 9.82. The van der Waals surface area contributed by atoms with Crippen LogP contribution in [-0.4, -0.2) is 57.2 Å². The summed E-state index contributed by atoms with van der Waals surface area (Å²) in [6.07, 6.45) is 5.83. The van der Waals surface area contributed by atoms with E-state index in [1.54, 1.807) is 4.68 Å². The monoisotopic (exact) mass is 544 g/mol. The molecule has 0 bridgehead atoms. The second kappa shape index (κ2) is 11.4. The highest BCUT2D eigenvalue weighted by molar-refractivity contribution is 5.80. The summed E-state index contributed by atoms with van der Waals surface area (Å²) in [7, 11) is 1.40. The van der Waals surface area contributed by atoms with Gasteiger partial charge in [0.05, 0.1) is 25.5 Å². The highest BCUT2D eigenvalue weighted by atomic mass is 16.6. The number of aromatic nitrogens is 5. The van der Waals surface area contributed by atoms with E-state index in [0.29, 0.717) is 23.6 Å². The van der Waals surface area contributed by atoms with Crippen molar-refractivity contribution in [2.24, 2.45) is 11.3 Å². The number of carbonyl (C=O) groups is 1. The number of benzene rings is 1. The Labute approximate surface area is 236 Å². The lowest BCUT2D eigenvalue weighted by Crippen LogP contribution is -2.40. The molecule has 1 atom stereocenters. The van der Waals surface area contributed by atoms with Crippen molar-refractivity contribution in [3.8, 4) is 5.82 Å². The molecule has 1 aromatic carbocycles. The maximum Gasteiger partial charge on any atom is 0.339 e. The molecule has 4 aromatic rings. The molecule has 0 aliphatic carbocycles. The van der Waals surface area contributed by atoms with Crippen LogP contribution in [0.2, 0.25) is 0 Å². The molecule has 1 fully saturated rings. The van der Waals surface area contributed by atoms with Crippen LogP contribution in [0.5, 0.6) is 0 Å². The smallest absolute Gasteiger partial charge is 0.339 e. The fraction of sp³-hybridized carbons (Fsp3) is 0.484. The van der Waals surface area contributed by atoms with Crippen LogP contribution in [0, 0.1) is 18.3 Å². The van der Waals surface area contributed by atoms with Gasteiger partial charge in [-0.1, -0.05) is 58.0 Å². The van der Waals surface area contributed by atoms with Crippen molar-refractivity contribution in [2.75, 3.05) is 31.7 Å². The van der Waals surface area contributed by atoms with Crippen LogP contribution in [0.3, 0.4) is 0 Å². The predicted molar refractivity (Wildman–Crippen MR) is 155 cm³/mol. The number of hydrogen-bond donors (Lipinski definition) is 0. The Kier molecular flexibility index (Phi) is 7.94. The highest BCUT2D eigenvalue weighted by Gasteiger charge is 2.35. The standard InChI is InChI=1S/C31H40N6O3/c1-21(2)20-40-28(30(38)39-6)27-22(3)33-25-17-26(34-37(25)29(27)35-14-12-31(4,5)13-15-35)36-19-24(18-32-36)16-23-10-8-7-9-11-23/h7-11,17-19,21,28H,12-16,20H2,1-6H3. The number of methoxy groups -OCH3 is 1. The van der Waals surface area contributed by atoms with E-state index < -0.39 is 12.1 Å². The molecule has 0 spiro atoms. The Morgan fingerprint density at radius 3 is 2.50 bits per heavy atom. The molecule has 0 amide bonds. The van der Waals surface area contributed by atoms with Gasteiger partial charge in [-0.15, -0.1) is 5.10 Å². The molecule has 3 aromatic heterocycles. The van der Waals surface area contributed by atoms with Crippen molar-refractivity contribution in [2.45, 2.75) is 60.0 Å². The minimum absolute atomic E-state index is 0.254. The first-order valence-electron chi connectivity index (χ1n) is 14.1. The molecular weight excluding hydrogens is 504 g/mol. The van der Waals surface area contributed by atoms with E-state index in [2.05, 4.69) is 49.8 Å². The summed E-state index contributed by atoms with van der Waals surface area (Å²) in [5.74, 6) is 1.32. The Hall–Kier alpha value is -3.72. The van der Waals surface area contributed by atoms with E-state index in [4.69, 9.17) is 19.6 Å². The van der Waals surface area contributed by atoms with Gasteiger partial charge in [0.25, 0.3) is 0 Å². The van der Waals surface area contributed by atoms with Crippen molar-refractivity contribution in [3.05, 3.63) is 71.2 Å². The molecule has 0 saturated carbocycles. The maximum atomic E-state index is 13.1. The average molecular weight is 545 g/mol. The van der Waals surface area contributed by atoms with E-state index in [0.717, 1.165) is 49.4 Å². The third-order valence-electron chi connectivity index (χ3n) is 7.60. The van der Waals surface area contributed by atoms with Gasteiger partial charge in [0.1, 0.15) is 5.82 Å². The van der Waals surface area contributed by atoms with Gasteiger partial charge < -0.3 is 14.4 Å². The summed E-state index contributed by atoms with van der Waals surface area (Å²) in [6, 6.07) is 12.3. The van der Waals surface area contributed by atoms with Crippen molar-refractivity contribution >= 4 is 17.4 Å². The van der Waals surface area contributed by atoms with Crippen LogP contribution in [0.15, 0.2) is 48.8 Å². The molecule has 4 heterocycles. The fourth-order valence-electron chi connectivity index (χ4n) is 5.22. The lowest BCUT2D eigenvalue weighted by molar-refractivity contribution is -0.155. The number of nitrogens with zero attached hydrogens (tertiary/aromatic N) is 6. The average Bonchev–Trinajstić information content (AvgIpc) is 3.56. The number of carbonyl (C=O) groups excluding carboxylic acids is 1. The van der Waals surface area contributed by atoms with E-state index in [1.807, 2.05) is 48.1 Å². The van der Waals surface area contributed by atoms with Gasteiger partial charge in [0.2, 0.25) is 0 Å². The zero-order chi connectivity index (χ0) is 28.4. The second-order valence-corrected chi connectivity index (χ2v) is 11.9. The van der Waals surface area contributed by atoms with Crippen molar-refractivity contribution in [1.29, 1.82) is 0 Å². The SMILES string of the molecule is COC(=O)C(OCC(C)C)c1c(C)nc2cc(-n3cc(Cc4ccccc4)cn3)nn2c1N1CCC(C)(C)CC1. The predicted octanol–water partition coefficient (Wildman–Crippen LogP) is 5.33. The van der Waals surface area contributed by atoms with Crippen LogP contribution in [0.25, 0.3) is 11.5 Å². The number of rotatable bonds is 9. The zero-order valence-corrected chi connectivity index (χ0v) is 24.4. The summed E-state index contributed by atoms with van der Waals surface area (Å²) >= 11 is 0. The largest absolute Gasteiger partial charge is 0.467 e. The number of hydrogen-bond acceptors (Lipinski definition) is 7. The maximum absolute atomic E-state index is 13.1. The number of esters is 1. The molecule has 1 aliphatic heterocycles. The van der Waals surface area contributed by atoms with Crippen molar-refractivity contribution < 1.29 is 14.3 Å². The molecule has 1 aliphatic rings. The second-order valence-electron chi connectivity index (χ2n) is 11.9. The van der Waals surface area contributed by atoms with E-state index in [9.17, 15) is 4.79 Å². The third kappa shape index (κ3) is 5.89. The van der Waals surface area contributed by atoms with Gasteiger partial charge in [-0.25, -0.2) is 14.5 Å². The van der Waals surface area contributed by atoms with Crippen molar-refractivity contribution in [3.63, 3.8) is 0 Å². The first-order valence-corrected chi connectivity index (χ1v) is 14.1. The fourth-order valence-corrected chi connectivity index (χ4v) is 5.22. The lowest BCUT2D eigenvalue weighted by Gasteiger charge is -2.39. The minimum atomic E-state index is -0.899. The van der Waals surface area contributed by atoms with Gasteiger partial charge in [-0.3, -0.25) is 0 Å². The Balaban J connectivity index is 1.59. The third-order valence-corrected chi connectivity index (χ3v) is 7.60. The molecule has 40 heavy (non-hydrogen) atoms. The highest BCUT2D eigenvalue weighted by Crippen LogP contribution is 2.38. The molecular formula is C31H40N6O3. The van der Waals surface area contributed by atoms with Gasteiger partial charge in [0, 0.05) is 37.5 Å². The summed E-state index contributed by atoms with van der Waals surface area (Å²) in [5, 5.41) is 9.59. The molecule has 1 saturated heterocycles. The van der Waals surface area contributed by atoms with Gasteiger partial charge >= 0.3 is 5.97 Å². The van der Waals surface area contributed by atoms with Crippen LogP contribution in [0.4, 0.5) is 5.82 Å². The summed E-state index contributed by atoms with van der Waals surface area (Å²) in [5.41, 5.74) is 4.71. The normalized spacial score (nSPS) is 16.0. The topological polar surface area (TPSA) is 86.8 Å². The first-order chi connectivity index (χ1) is 19.1. The number of anilines is 1. The van der Waals surface area contributed by atoms with Gasteiger partial charge in [-0.05, 0) is 42.2 Å². The number of aryl methyl sites for hydroxylation is 1. The van der Waals surface area contributed by atoms with Crippen LogP contribution < -0.4 is 4.90 Å². The Bertz CT molecular complexity index is 1460. The van der Waals surface area contributed by atoms with E-state index in [1.165, 1.54) is 12.7 Å². The zero-order valence-electron chi connectivity index (χ0n) is 24.4. The van der Waals surface area contributed by atoms with Gasteiger partial charge in [-0.2, -0.15) is 9.61 Å². The molecule has 5 rings (SSSR count). The van der Waals surface area contributed by atoms with E-state index in [-0.39, 0.29) is 11.3 Å². The summed E-state index contributed by atoms with van der Waals surface area (Å²) in [6.45, 7) is 12.8. The molecule has 9 heteroatoms. The molecule has 0 N–H and O–H groups in total. The quantitative estimate of drug-likeness (QED) is 0.263. The van der Waals surface area contributed by atoms with Crippen LogP contribution in [-0.2, 0) is 20.7 Å². The minimum Gasteiger partial charge on any atom is -0.467 e. The Morgan fingerprint density at radius 1 is 1.10 bits per heavy atom. The molecule has 0 radical (unpaired) electrons. The Morgan fingerprint density at radius 2 is 1.82 bits per heavy atom. The van der Waals surface area contributed by atoms with E-state index >= 15 is 0 Å². The van der Waals surface area contributed by atoms with Crippen LogP contribution in [0.1, 0.15) is 69.0 Å². The number of piperidine rings is 1. The summed E-state index contributed by atoms with van der Waals surface area (Å²) in [4.78, 5) is 20.3.